The quantitative estimate of drug-likeness (QED) is 0.571. The standard InChI is InChI=1S/C14H27N3O3/c1-15-13(16-11-14(18)5-3-4-6-14)17-7-8-20-12(9-17)10-19-2/h12,18H,3-11H2,1-2H3,(H,15,16). The third-order valence-corrected chi connectivity index (χ3v) is 4.11. The van der Waals surface area contributed by atoms with E-state index in [0.29, 0.717) is 19.8 Å². The summed E-state index contributed by atoms with van der Waals surface area (Å²) in [5.74, 6) is 0.842. The van der Waals surface area contributed by atoms with Gasteiger partial charge in [-0.15, -0.1) is 0 Å². The molecule has 0 radical (unpaired) electrons. The summed E-state index contributed by atoms with van der Waals surface area (Å²) in [6.07, 6.45) is 4.08. The van der Waals surface area contributed by atoms with E-state index in [4.69, 9.17) is 9.47 Å². The van der Waals surface area contributed by atoms with Gasteiger partial charge in [0.2, 0.25) is 0 Å². The van der Waals surface area contributed by atoms with Crippen LogP contribution in [0.2, 0.25) is 0 Å². The van der Waals surface area contributed by atoms with Gasteiger partial charge in [-0.3, -0.25) is 4.99 Å². The monoisotopic (exact) mass is 285 g/mol. The summed E-state index contributed by atoms with van der Waals surface area (Å²) in [5.41, 5.74) is -0.561. The number of nitrogens with one attached hydrogen (secondary N) is 1. The summed E-state index contributed by atoms with van der Waals surface area (Å²) in [6.45, 7) is 3.44. The Labute approximate surface area is 121 Å². The highest BCUT2D eigenvalue weighted by molar-refractivity contribution is 5.80. The zero-order valence-electron chi connectivity index (χ0n) is 12.6. The normalized spacial score (nSPS) is 26.9. The van der Waals surface area contributed by atoms with Gasteiger partial charge in [0.15, 0.2) is 5.96 Å². The zero-order valence-corrected chi connectivity index (χ0v) is 12.6. The third kappa shape index (κ3) is 4.07. The van der Waals surface area contributed by atoms with Crippen molar-refractivity contribution in [1.29, 1.82) is 0 Å². The molecule has 116 valence electrons. The fraction of sp³-hybridized carbons (Fsp3) is 0.929. The zero-order chi connectivity index (χ0) is 14.4. The Bertz CT molecular complexity index is 328. The Morgan fingerprint density at radius 3 is 2.90 bits per heavy atom. The van der Waals surface area contributed by atoms with Crippen LogP contribution in [0.1, 0.15) is 25.7 Å². The van der Waals surface area contributed by atoms with E-state index in [-0.39, 0.29) is 6.10 Å². The van der Waals surface area contributed by atoms with E-state index in [1.54, 1.807) is 14.2 Å². The smallest absolute Gasteiger partial charge is 0.193 e. The highest BCUT2D eigenvalue weighted by Crippen LogP contribution is 2.28. The lowest BCUT2D eigenvalue weighted by Gasteiger charge is -2.35. The van der Waals surface area contributed by atoms with Crippen molar-refractivity contribution in [3.63, 3.8) is 0 Å². The maximum absolute atomic E-state index is 10.4. The van der Waals surface area contributed by atoms with Crippen molar-refractivity contribution in [3.05, 3.63) is 0 Å². The number of ether oxygens (including phenoxy) is 2. The minimum absolute atomic E-state index is 0.0851. The van der Waals surface area contributed by atoms with Crippen LogP contribution in [0, 0.1) is 0 Å². The van der Waals surface area contributed by atoms with Crippen LogP contribution >= 0.6 is 0 Å². The van der Waals surface area contributed by atoms with Crippen molar-refractivity contribution in [1.82, 2.24) is 10.2 Å². The van der Waals surface area contributed by atoms with Gasteiger partial charge < -0.3 is 24.8 Å². The van der Waals surface area contributed by atoms with Gasteiger partial charge >= 0.3 is 0 Å². The van der Waals surface area contributed by atoms with Gasteiger partial charge in [-0.2, -0.15) is 0 Å². The van der Waals surface area contributed by atoms with Crippen molar-refractivity contribution < 1.29 is 14.6 Å². The van der Waals surface area contributed by atoms with Gasteiger partial charge in [0.25, 0.3) is 0 Å². The van der Waals surface area contributed by atoms with Crippen LogP contribution in [0.5, 0.6) is 0 Å². The van der Waals surface area contributed by atoms with Gasteiger partial charge in [-0.1, -0.05) is 12.8 Å². The fourth-order valence-electron chi connectivity index (χ4n) is 2.98. The number of guanidine groups is 1. The average Bonchev–Trinajstić information content (AvgIpc) is 2.88. The van der Waals surface area contributed by atoms with Crippen molar-refractivity contribution in [2.45, 2.75) is 37.4 Å². The number of morpholine rings is 1. The van der Waals surface area contributed by atoms with Crippen molar-refractivity contribution in [2.75, 3.05) is 47.0 Å². The Morgan fingerprint density at radius 1 is 1.50 bits per heavy atom. The largest absolute Gasteiger partial charge is 0.388 e. The molecule has 0 spiro atoms. The number of nitrogens with zero attached hydrogens (tertiary/aromatic N) is 2. The van der Waals surface area contributed by atoms with E-state index < -0.39 is 5.60 Å². The molecule has 1 aliphatic carbocycles. The van der Waals surface area contributed by atoms with Gasteiger partial charge in [0.1, 0.15) is 0 Å². The third-order valence-electron chi connectivity index (χ3n) is 4.11. The molecule has 2 rings (SSSR count). The second-order valence-corrected chi connectivity index (χ2v) is 5.73. The van der Waals surface area contributed by atoms with Crippen LogP contribution in [0.15, 0.2) is 4.99 Å². The molecule has 0 bridgehead atoms. The Morgan fingerprint density at radius 2 is 2.25 bits per heavy atom. The molecular weight excluding hydrogens is 258 g/mol. The predicted molar refractivity (Wildman–Crippen MR) is 78.0 cm³/mol. The molecule has 1 heterocycles. The molecule has 2 aliphatic rings. The Hall–Kier alpha value is -0.850. The molecule has 1 unspecified atom stereocenters. The molecule has 6 nitrogen and oxygen atoms in total. The highest BCUT2D eigenvalue weighted by atomic mass is 16.5. The minimum Gasteiger partial charge on any atom is -0.388 e. The second kappa shape index (κ2) is 7.24. The highest BCUT2D eigenvalue weighted by Gasteiger charge is 2.32. The maximum Gasteiger partial charge on any atom is 0.193 e. The molecule has 2 fully saturated rings. The Kier molecular flexibility index (Phi) is 5.63. The van der Waals surface area contributed by atoms with Crippen molar-refractivity contribution in [2.24, 2.45) is 4.99 Å². The SMILES string of the molecule is CN=C(NCC1(O)CCCC1)N1CCOC(COC)C1. The van der Waals surface area contributed by atoms with Crippen LogP contribution in [0.3, 0.4) is 0 Å². The van der Waals surface area contributed by atoms with Crippen LogP contribution in [-0.4, -0.2) is 74.7 Å². The first-order valence-corrected chi connectivity index (χ1v) is 7.45. The maximum atomic E-state index is 10.4. The molecule has 0 amide bonds. The van der Waals surface area contributed by atoms with E-state index in [2.05, 4.69) is 15.2 Å². The van der Waals surface area contributed by atoms with E-state index in [0.717, 1.165) is 44.7 Å². The van der Waals surface area contributed by atoms with Crippen molar-refractivity contribution >= 4 is 5.96 Å². The van der Waals surface area contributed by atoms with Crippen molar-refractivity contribution in [3.8, 4) is 0 Å². The second-order valence-electron chi connectivity index (χ2n) is 5.73. The number of rotatable bonds is 4. The summed E-state index contributed by atoms with van der Waals surface area (Å²) >= 11 is 0. The molecule has 1 aliphatic heterocycles. The lowest BCUT2D eigenvalue weighted by molar-refractivity contribution is -0.0450. The summed E-state index contributed by atoms with van der Waals surface area (Å²) in [7, 11) is 3.47. The number of methoxy groups -OCH3 is 1. The first-order chi connectivity index (χ1) is 9.67. The number of aliphatic imine (C=N–C) groups is 1. The molecule has 0 aromatic heterocycles. The van der Waals surface area contributed by atoms with E-state index >= 15 is 0 Å². The van der Waals surface area contributed by atoms with Crippen LogP contribution in [0.4, 0.5) is 0 Å². The summed E-state index contributed by atoms with van der Waals surface area (Å²) in [6, 6.07) is 0. The Balaban J connectivity index is 1.84. The van der Waals surface area contributed by atoms with Crippen LogP contribution < -0.4 is 5.32 Å². The van der Waals surface area contributed by atoms with Crippen LogP contribution in [0.25, 0.3) is 0 Å². The van der Waals surface area contributed by atoms with Gasteiger partial charge in [0, 0.05) is 33.8 Å². The van der Waals surface area contributed by atoms with Gasteiger partial charge in [0.05, 0.1) is 24.9 Å². The molecule has 2 N–H and O–H groups in total. The first kappa shape index (κ1) is 15.5. The lowest BCUT2D eigenvalue weighted by Crippen LogP contribution is -2.53. The van der Waals surface area contributed by atoms with Gasteiger partial charge in [-0.25, -0.2) is 0 Å². The van der Waals surface area contributed by atoms with E-state index in [1.807, 2.05) is 0 Å². The molecule has 1 saturated heterocycles. The summed E-state index contributed by atoms with van der Waals surface area (Å²) in [4.78, 5) is 6.49. The number of hydrogen-bond acceptors (Lipinski definition) is 4. The first-order valence-electron chi connectivity index (χ1n) is 7.45. The number of hydrogen-bond donors (Lipinski definition) is 2. The molecule has 6 heteroatoms. The molecule has 0 aromatic carbocycles. The average molecular weight is 285 g/mol. The van der Waals surface area contributed by atoms with Crippen LogP contribution in [-0.2, 0) is 9.47 Å². The molecule has 20 heavy (non-hydrogen) atoms. The summed E-state index contributed by atoms with van der Waals surface area (Å²) in [5, 5.41) is 13.7. The summed E-state index contributed by atoms with van der Waals surface area (Å²) < 4.78 is 10.8. The molecular formula is C14H27N3O3. The topological polar surface area (TPSA) is 66.3 Å². The number of aliphatic hydroxyl groups is 1. The van der Waals surface area contributed by atoms with E-state index in [9.17, 15) is 5.11 Å². The molecule has 1 saturated carbocycles. The lowest BCUT2D eigenvalue weighted by atomic mass is 10.0. The van der Waals surface area contributed by atoms with Gasteiger partial charge in [-0.05, 0) is 12.8 Å². The molecule has 1 atom stereocenters. The predicted octanol–water partition coefficient (Wildman–Crippen LogP) is 0.214. The molecule has 0 aromatic rings. The minimum atomic E-state index is -0.561. The fourth-order valence-corrected chi connectivity index (χ4v) is 2.98. The van der Waals surface area contributed by atoms with E-state index in [1.165, 1.54) is 0 Å².